The van der Waals surface area contributed by atoms with Crippen molar-refractivity contribution in [3.05, 3.63) is 273 Å². The number of hydrogen-bond donors (Lipinski definition) is 8. The second-order valence-corrected chi connectivity index (χ2v) is 33.3. The average Bonchev–Trinajstić information content (AvgIpc) is 1.19. The highest BCUT2D eigenvalue weighted by atomic mass is 35.5. The third-order valence-corrected chi connectivity index (χ3v) is 20.3. The highest BCUT2D eigenvalue weighted by molar-refractivity contribution is 7.84. The van der Waals surface area contributed by atoms with E-state index in [0.29, 0.717) is 70.2 Å². The lowest BCUT2D eigenvalue weighted by Crippen LogP contribution is -2.49. The van der Waals surface area contributed by atoms with Gasteiger partial charge in [-0.2, -0.15) is 15.3 Å². The predicted molar refractivity (Wildman–Crippen MR) is 449 cm³/mol. The van der Waals surface area contributed by atoms with Crippen LogP contribution in [0.3, 0.4) is 0 Å². The molecule has 0 bridgehead atoms. The fraction of sp³-hybridized carbons (Fsp3) is 0.364. The van der Waals surface area contributed by atoms with Crippen LogP contribution in [0.1, 0.15) is 216 Å². The molecule has 0 radical (unpaired) electrons. The molecule has 10 aromatic rings. The molecule has 608 valence electrons. The van der Waals surface area contributed by atoms with E-state index in [1.54, 1.807) is 121 Å². The van der Waals surface area contributed by atoms with Crippen LogP contribution in [0.15, 0.2) is 188 Å². The van der Waals surface area contributed by atoms with Crippen LogP contribution in [-0.2, 0) is 51.2 Å². The van der Waals surface area contributed by atoms with Crippen molar-refractivity contribution in [1.29, 1.82) is 0 Å². The number of anilines is 2. The zero-order valence-electron chi connectivity index (χ0n) is 65.5. The third-order valence-electron chi connectivity index (χ3n) is 18.6. The second-order valence-electron chi connectivity index (χ2n) is 31.3. The van der Waals surface area contributed by atoms with E-state index in [9.17, 15) is 37.7 Å². The minimum absolute atomic E-state index is 0. The van der Waals surface area contributed by atoms with Crippen LogP contribution >= 0.6 is 12.4 Å². The molecule has 2 aliphatic carbocycles. The van der Waals surface area contributed by atoms with Crippen LogP contribution < -0.4 is 37.5 Å². The summed E-state index contributed by atoms with van der Waals surface area (Å²) in [5.74, 6) is -1.88. The first kappa shape index (κ1) is 90.5. The van der Waals surface area contributed by atoms with Gasteiger partial charge in [-0.05, 0) is 238 Å². The van der Waals surface area contributed by atoms with E-state index in [4.69, 9.17) is 20.9 Å². The highest BCUT2D eigenvalue weighted by Crippen LogP contribution is 2.44. The summed E-state index contributed by atoms with van der Waals surface area (Å²) in [4.78, 5) is 62.5. The maximum absolute atomic E-state index is 15.6. The predicted octanol–water partition coefficient (Wildman–Crippen LogP) is 18.1. The Hall–Kier alpha value is -10.7. The van der Waals surface area contributed by atoms with Gasteiger partial charge in [0.1, 0.15) is 34.2 Å². The Morgan fingerprint density at radius 1 is 0.500 bits per heavy atom. The number of benzene rings is 7. The summed E-state index contributed by atoms with van der Waals surface area (Å²) in [5.41, 5.74) is 20.3. The number of alkyl carbamates (subject to hydrolysis) is 2. The van der Waals surface area contributed by atoms with Gasteiger partial charge in [-0.3, -0.25) is 9.59 Å². The number of carbonyl (C=O) groups is 5. The zero-order chi connectivity index (χ0) is 80.2. The number of carbonyl (C=O) groups excluding carboxylic acids is 4. The van der Waals surface area contributed by atoms with Gasteiger partial charge in [-0.25, -0.2) is 46.1 Å². The summed E-state index contributed by atoms with van der Waals surface area (Å²) in [6.07, 6.45) is 7.05. The number of nitrogens with zero attached hydrogens (tertiary/aromatic N) is 6. The quantitative estimate of drug-likeness (QED) is 0.0264. The maximum Gasteiger partial charge on any atom is 0.407 e. The van der Waals surface area contributed by atoms with Gasteiger partial charge < -0.3 is 47.3 Å². The van der Waals surface area contributed by atoms with Crippen LogP contribution in [0.5, 0.6) is 0 Å². The van der Waals surface area contributed by atoms with Crippen LogP contribution in [0.4, 0.5) is 29.7 Å². The first-order chi connectivity index (χ1) is 52.6. The molecule has 2 aliphatic rings. The lowest BCUT2D eigenvalue weighted by atomic mass is 9.79. The molecule has 0 spiro atoms. The first-order valence-corrected chi connectivity index (χ1v) is 38.4. The van der Waals surface area contributed by atoms with Crippen molar-refractivity contribution >= 4 is 64.7 Å². The number of rotatable bonds is 25. The van der Waals surface area contributed by atoms with E-state index in [1.807, 2.05) is 137 Å². The minimum Gasteiger partial charge on any atom is -0.477 e. The summed E-state index contributed by atoms with van der Waals surface area (Å²) >= 11 is 0. The number of aromatic nitrogens is 6. The van der Waals surface area contributed by atoms with E-state index in [1.165, 1.54) is 40.4 Å². The normalized spacial score (nSPS) is 13.8. The molecular weight excluding hydrogens is 1490 g/mol. The second kappa shape index (κ2) is 38.9. The number of amides is 4. The van der Waals surface area contributed by atoms with Crippen molar-refractivity contribution in [2.24, 2.45) is 23.3 Å². The summed E-state index contributed by atoms with van der Waals surface area (Å²) in [6.45, 7) is 22.7. The molecule has 0 saturated heterocycles. The topological polar surface area (TPSA) is 307 Å². The molecular formula is C88H110ClF2N13O9S. The van der Waals surface area contributed by atoms with Gasteiger partial charge in [0.05, 0.1) is 72.3 Å². The Labute approximate surface area is 677 Å². The molecule has 3 atom stereocenters. The van der Waals surface area contributed by atoms with Gasteiger partial charge in [0.15, 0.2) is 5.69 Å². The van der Waals surface area contributed by atoms with Crippen molar-refractivity contribution in [2.45, 2.75) is 196 Å². The van der Waals surface area contributed by atoms with E-state index in [0.717, 1.165) is 65.5 Å². The van der Waals surface area contributed by atoms with Gasteiger partial charge in [-0.15, -0.1) is 12.4 Å². The van der Waals surface area contributed by atoms with E-state index in [2.05, 4.69) is 41.3 Å². The first-order valence-electron chi connectivity index (χ1n) is 37.2. The van der Waals surface area contributed by atoms with E-state index < -0.39 is 79.6 Å². The standard InChI is InChI=1S/C39H48FN5O4S.C30H32FN5O.C17H21N3O4.2CH4.ClH/c1-26-22-34(45(43-26)31-15-11-12-28(23-31)25-41-36(47)49-37(2,3)4)35(46)42-33-24-30(18-19-32(33)40)39(21-20-27-16-17-27,29-13-9-8-10-14-29)44-50(48)38(5,6)7;1-20-16-28(36(35-20)25-9-5-6-22(17-25)19-32)29(37)34-27-18-24(12-13-26(27)31)30(33,15-14-21-10-11-21)23-7-3-2-4-8-23;1-11-8-14(15(21)22)20(19-11)13-7-5-6-12(9-13)10-18-16(23)24-17(2,3)4;;;/h8-15,18-19,22-24,27,44H,16-17,20-21,25H2,1-7H3,(H,41,47)(H,42,46);2-9,12-13,16-18,21H,10-11,14-15,19,32-33H2,1H3,(H,34,37);5-9H,10H2,1-4H3,(H,18,23)(H,21,22);2*1H4;1H/t39?,50-;;;;;/m0...../s1. The number of aryl methyl sites for hydroxylation is 3. The Kier molecular flexibility index (Phi) is 30.9. The number of hydrogen-bond acceptors (Lipinski definition) is 13. The Balaban J connectivity index is 0.000000248. The molecule has 10 N–H and O–H groups in total. The van der Waals surface area contributed by atoms with Crippen molar-refractivity contribution < 1.29 is 51.5 Å². The SMILES string of the molecule is C.C.Cc1cc(C(=O)Nc2cc(C(CCC3CC3)(N[S@@](=O)C(C)(C)C)c3ccccc3)ccc2F)n(-c2cccc(CNC(=O)OC(C)(C)C)c2)n1.Cc1cc(C(=O)Nc2cc(C(N)(CCC3CC3)c3ccccc3)ccc2F)n(-c2cccc(CN)c2)n1.Cc1cc(C(=O)O)n(-c2cccc(CNC(=O)OC(C)(C)C)c2)n1.Cl. The molecule has 26 heteroatoms. The molecule has 7 aromatic carbocycles. The molecule has 2 saturated carbocycles. The Bertz CT molecular complexity index is 4990. The van der Waals surface area contributed by atoms with E-state index in [-0.39, 0.29) is 63.1 Å². The molecule has 114 heavy (non-hydrogen) atoms. The Morgan fingerprint density at radius 3 is 1.30 bits per heavy atom. The van der Waals surface area contributed by atoms with E-state index >= 15 is 4.39 Å². The van der Waals surface area contributed by atoms with Crippen LogP contribution in [-0.4, -0.2) is 84.6 Å². The van der Waals surface area contributed by atoms with Gasteiger partial charge in [0.25, 0.3) is 11.8 Å². The van der Waals surface area contributed by atoms with Gasteiger partial charge in [-0.1, -0.05) is 150 Å². The van der Waals surface area contributed by atoms with Gasteiger partial charge in [0.2, 0.25) is 0 Å². The van der Waals surface area contributed by atoms with Gasteiger partial charge in [0, 0.05) is 19.6 Å². The fourth-order valence-corrected chi connectivity index (χ4v) is 13.6. The fourth-order valence-electron chi connectivity index (χ4n) is 12.6. The highest BCUT2D eigenvalue weighted by Gasteiger charge is 2.41. The summed E-state index contributed by atoms with van der Waals surface area (Å²) in [5, 5.41) is 33.5. The van der Waals surface area contributed by atoms with Crippen LogP contribution in [0.2, 0.25) is 0 Å². The van der Waals surface area contributed by atoms with Crippen LogP contribution in [0.25, 0.3) is 17.1 Å². The number of aromatic carboxylic acids is 1. The third kappa shape index (κ3) is 24.4. The summed E-state index contributed by atoms with van der Waals surface area (Å²) in [6, 6.07) is 55.9. The zero-order valence-corrected chi connectivity index (χ0v) is 67.1. The molecule has 22 nitrogen and oxygen atoms in total. The van der Waals surface area contributed by atoms with Gasteiger partial charge >= 0.3 is 18.2 Å². The number of carboxylic acids is 1. The lowest BCUT2D eigenvalue weighted by Gasteiger charge is -2.38. The molecule has 3 aromatic heterocycles. The van der Waals surface area contributed by atoms with Crippen molar-refractivity contribution in [1.82, 2.24) is 44.7 Å². The minimum atomic E-state index is -1.46. The average molecular weight is 1600 g/mol. The summed E-state index contributed by atoms with van der Waals surface area (Å²) in [7, 11) is -1.46. The monoisotopic (exact) mass is 1600 g/mol. The molecule has 2 fully saturated rings. The molecule has 0 aliphatic heterocycles. The van der Waals surface area contributed by atoms with Crippen molar-refractivity contribution in [2.75, 3.05) is 10.6 Å². The number of nitrogens with one attached hydrogen (secondary N) is 5. The number of carboxylic acid groups (broad SMARTS) is 1. The Morgan fingerprint density at radius 2 is 0.886 bits per heavy atom. The largest absolute Gasteiger partial charge is 0.477 e. The number of nitrogens with two attached hydrogens (primary N) is 2. The number of ether oxygens (including phenoxy) is 2. The van der Waals surface area contributed by atoms with Crippen molar-refractivity contribution in [3.8, 4) is 17.1 Å². The maximum atomic E-state index is 15.6. The number of halogens is 3. The molecule has 4 amide bonds. The lowest BCUT2D eigenvalue weighted by molar-refractivity contribution is 0.0512. The summed E-state index contributed by atoms with van der Waals surface area (Å²) < 4.78 is 62.2. The molecule has 12 rings (SSSR count). The van der Waals surface area contributed by atoms with Crippen molar-refractivity contribution in [3.63, 3.8) is 0 Å². The van der Waals surface area contributed by atoms with Crippen LogP contribution in [0, 0.1) is 44.2 Å². The smallest absolute Gasteiger partial charge is 0.407 e. The molecule has 3 heterocycles. The molecule has 2 unspecified atom stereocenters.